The van der Waals surface area contributed by atoms with Crippen molar-refractivity contribution >= 4 is 103 Å². The molecule has 0 saturated heterocycles. The van der Waals surface area contributed by atoms with Gasteiger partial charge in [-0.3, -0.25) is 0 Å². The molecule has 234 valence electrons. The summed E-state index contributed by atoms with van der Waals surface area (Å²) in [6, 6.07) is 61.3. The summed E-state index contributed by atoms with van der Waals surface area (Å²) in [5.74, 6) is 0. The minimum absolute atomic E-state index is 0.873. The Kier molecular flexibility index (Phi) is 5.83. The molecule has 11 aromatic rings. The molecular formula is C46H28N2OS. The SMILES string of the molecule is c1ccc(-n2c3ccccc3c3cccc(N(c4ccc5sc6cc7ccccc7cc6c5c4)c4cccc5oc6ccccc6c45)c32)cc1. The van der Waals surface area contributed by atoms with Crippen LogP contribution >= 0.6 is 11.3 Å². The van der Waals surface area contributed by atoms with Crippen LogP contribution in [0, 0.1) is 0 Å². The molecule has 3 aromatic heterocycles. The highest BCUT2D eigenvalue weighted by atomic mass is 32.1. The third kappa shape index (κ3) is 3.97. The summed E-state index contributed by atoms with van der Waals surface area (Å²) in [6.45, 7) is 0. The number of hydrogen-bond acceptors (Lipinski definition) is 3. The molecular weight excluding hydrogens is 629 g/mol. The van der Waals surface area contributed by atoms with Crippen LogP contribution in [0.1, 0.15) is 0 Å². The maximum atomic E-state index is 6.47. The number of fused-ring (bicyclic) bond motifs is 10. The van der Waals surface area contributed by atoms with Crippen LogP contribution in [0.5, 0.6) is 0 Å². The summed E-state index contributed by atoms with van der Waals surface area (Å²) in [5, 5.41) is 9.72. The highest BCUT2D eigenvalue weighted by Crippen LogP contribution is 2.48. The molecule has 8 aromatic carbocycles. The fourth-order valence-corrected chi connectivity index (χ4v) is 9.08. The van der Waals surface area contributed by atoms with Crippen molar-refractivity contribution < 1.29 is 4.42 Å². The van der Waals surface area contributed by atoms with E-state index < -0.39 is 0 Å². The first kappa shape index (κ1) is 27.6. The van der Waals surface area contributed by atoms with E-state index in [9.17, 15) is 0 Å². The van der Waals surface area contributed by atoms with Gasteiger partial charge in [0, 0.05) is 47.7 Å². The van der Waals surface area contributed by atoms with Crippen molar-refractivity contribution in [2.75, 3.05) is 4.90 Å². The normalized spacial score (nSPS) is 12.0. The number of aromatic nitrogens is 1. The number of benzene rings is 8. The summed E-state index contributed by atoms with van der Waals surface area (Å²) < 4.78 is 11.5. The number of nitrogens with zero attached hydrogens (tertiary/aromatic N) is 2. The van der Waals surface area contributed by atoms with E-state index in [1.54, 1.807) is 0 Å². The van der Waals surface area contributed by atoms with Gasteiger partial charge >= 0.3 is 0 Å². The lowest BCUT2D eigenvalue weighted by Crippen LogP contribution is -2.12. The molecule has 0 aliphatic heterocycles. The van der Waals surface area contributed by atoms with E-state index in [1.165, 1.54) is 47.2 Å². The average Bonchev–Trinajstić information content (AvgIpc) is 3.84. The number of hydrogen-bond donors (Lipinski definition) is 0. The number of thiophene rings is 1. The summed E-state index contributed by atoms with van der Waals surface area (Å²) in [5.41, 5.74) is 8.50. The molecule has 0 aliphatic rings. The third-order valence-corrected chi connectivity index (χ3v) is 11.3. The van der Waals surface area contributed by atoms with E-state index in [4.69, 9.17) is 4.42 Å². The molecule has 0 amide bonds. The molecule has 0 aliphatic carbocycles. The number of para-hydroxylation sites is 4. The second-order valence-electron chi connectivity index (χ2n) is 12.9. The molecule has 3 nitrogen and oxygen atoms in total. The maximum absolute atomic E-state index is 6.47. The Morgan fingerprint density at radius 3 is 2.04 bits per heavy atom. The van der Waals surface area contributed by atoms with Crippen LogP contribution in [0.3, 0.4) is 0 Å². The number of anilines is 3. The van der Waals surface area contributed by atoms with E-state index >= 15 is 0 Å². The Bertz CT molecular complexity index is 3110. The van der Waals surface area contributed by atoms with Crippen molar-refractivity contribution in [3.05, 3.63) is 170 Å². The van der Waals surface area contributed by atoms with Crippen LogP contribution in [0.4, 0.5) is 17.1 Å². The van der Waals surface area contributed by atoms with Gasteiger partial charge in [0.1, 0.15) is 11.2 Å². The van der Waals surface area contributed by atoms with Gasteiger partial charge in [-0.25, -0.2) is 0 Å². The van der Waals surface area contributed by atoms with Gasteiger partial charge in [0.15, 0.2) is 0 Å². The molecule has 0 unspecified atom stereocenters. The molecule has 3 heterocycles. The molecule has 50 heavy (non-hydrogen) atoms. The van der Waals surface area contributed by atoms with Gasteiger partial charge in [0.25, 0.3) is 0 Å². The lowest BCUT2D eigenvalue weighted by Gasteiger charge is -2.28. The molecule has 4 heteroatoms. The van der Waals surface area contributed by atoms with Crippen LogP contribution in [0.25, 0.3) is 80.4 Å². The predicted molar refractivity (Wildman–Crippen MR) is 213 cm³/mol. The first-order valence-corrected chi connectivity index (χ1v) is 17.7. The van der Waals surface area contributed by atoms with E-state index in [1.807, 2.05) is 17.4 Å². The standard InChI is InChI=1S/C46H28N2OS/c1-2-14-31(15-3-1)48-38-19-8-6-16-33(38)34-18-10-21-40(46(34)48)47(39-20-11-23-42-45(39)35-17-7-9-22-41(35)49-42)32-24-25-43-37(28-32)36-26-29-12-4-5-13-30(29)27-44(36)50-43/h1-28H. The van der Waals surface area contributed by atoms with Crippen LogP contribution in [0.2, 0.25) is 0 Å². The molecule has 0 N–H and O–H groups in total. The smallest absolute Gasteiger partial charge is 0.137 e. The van der Waals surface area contributed by atoms with Crippen LogP contribution in [-0.4, -0.2) is 4.57 Å². The van der Waals surface area contributed by atoms with Crippen molar-refractivity contribution in [2.45, 2.75) is 0 Å². The molecule has 0 saturated carbocycles. The highest BCUT2D eigenvalue weighted by molar-refractivity contribution is 7.25. The lowest BCUT2D eigenvalue weighted by atomic mass is 10.0. The van der Waals surface area contributed by atoms with Crippen LogP contribution in [0.15, 0.2) is 174 Å². The second kappa shape index (κ2) is 10.6. The predicted octanol–water partition coefficient (Wildman–Crippen LogP) is 13.7. The first-order valence-electron chi connectivity index (χ1n) is 16.9. The topological polar surface area (TPSA) is 21.3 Å². The van der Waals surface area contributed by atoms with Gasteiger partial charge in [-0.05, 0) is 83.6 Å². The van der Waals surface area contributed by atoms with Gasteiger partial charge in [-0.1, -0.05) is 97.1 Å². The zero-order chi connectivity index (χ0) is 32.8. The highest BCUT2D eigenvalue weighted by Gasteiger charge is 2.24. The van der Waals surface area contributed by atoms with Gasteiger partial charge in [0.2, 0.25) is 0 Å². The van der Waals surface area contributed by atoms with Crippen molar-refractivity contribution in [1.29, 1.82) is 0 Å². The monoisotopic (exact) mass is 656 g/mol. The molecule has 0 radical (unpaired) electrons. The van der Waals surface area contributed by atoms with E-state index in [-0.39, 0.29) is 0 Å². The Hall–Kier alpha value is -6.36. The van der Waals surface area contributed by atoms with Crippen molar-refractivity contribution in [1.82, 2.24) is 4.57 Å². The minimum Gasteiger partial charge on any atom is -0.456 e. The fourth-order valence-electron chi connectivity index (χ4n) is 7.97. The quantitative estimate of drug-likeness (QED) is 0.188. The zero-order valence-corrected chi connectivity index (χ0v) is 27.7. The summed E-state index contributed by atoms with van der Waals surface area (Å²) in [7, 11) is 0. The first-order chi connectivity index (χ1) is 24.8. The Labute approximate surface area is 291 Å². The lowest BCUT2D eigenvalue weighted by molar-refractivity contribution is 0.669. The number of rotatable bonds is 4. The maximum Gasteiger partial charge on any atom is 0.137 e. The van der Waals surface area contributed by atoms with Crippen LogP contribution < -0.4 is 4.90 Å². The van der Waals surface area contributed by atoms with Gasteiger partial charge in [0.05, 0.1) is 27.8 Å². The Balaban J connectivity index is 1.28. The molecule has 11 rings (SSSR count). The molecule has 0 bridgehead atoms. The van der Waals surface area contributed by atoms with Crippen molar-refractivity contribution in [3.8, 4) is 5.69 Å². The molecule has 0 fully saturated rings. The summed E-state index contributed by atoms with van der Waals surface area (Å²) >= 11 is 1.86. The molecule has 0 spiro atoms. The third-order valence-electron chi connectivity index (χ3n) is 10.1. The van der Waals surface area contributed by atoms with Crippen molar-refractivity contribution in [2.24, 2.45) is 0 Å². The van der Waals surface area contributed by atoms with E-state index in [2.05, 4.69) is 173 Å². The van der Waals surface area contributed by atoms with E-state index in [0.29, 0.717) is 0 Å². The fraction of sp³-hybridized carbons (Fsp3) is 0. The average molecular weight is 657 g/mol. The summed E-state index contributed by atoms with van der Waals surface area (Å²) in [4.78, 5) is 2.45. The van der Waals surface area contributed by atoms with Crippen LogP contribution in [-0.2, 0) is 0 Å². The van der Waals surface area contributed by atoms with Gasteiger partial charge in [-0.15, -0.1) is 11.3 Å². The molecule has 0 atom stereocenters. The zero-order valence-electron chi connectivity index (χ0n) is 26.9. The Morgan fingerprint density at radius 2 is 1.14 bits per heavy atom. The largest absolute Gasteiger partial charge is 0.456 e. The Morgan fingerprint density at radius 1 is 0.460 bits per heavy atom. The summed E-state index contributed by atoms with van der Waals surface area (Å²) in [6.07, 6.45) is 0. The van der Waals surface area contributed by atoms with Gasteiger partial charge in [-0.2, -0.15) is 0 Å². The second-order valence-corrected chi connectivity index (χ2v) is 14.0. The minimum atomic E-state index is 0.873. The van der Waals surface area contributed by atoms with E-state index in [0.717, 1.165) is 50.2 Å². The van der Waals surface area contributed by atoms with Crippen molar-refractivity contribution in [3.63, 3.8) is 0 Å². The van der Waals surface area contributed by atoms with Gasteiger partial charge < -0.3 is 13.9 Å². The number of furan rings is 1.